The molecule has 0 aromatic heterocycles. The van der Waals surface area contributed by atoms with Gasteiger partial charge in [0, 0.05) is 38.5 Å². The van der Waals surface area contributed by atoms with E-state index in [9.17, 15) is 4.79 Å². The Labute approximate surface area is 139 Å². The summed E-state index contributed by atoms with van der Waals surface area (Å²) in [4.78, 5) is 16.9. The standard InChI is InChI=1S/C19H28N2O2/c1-14(2)16-7-4-6-15(3)18(16)20-9-11-21(12-10-20)19(22)17-8-5-13-23-17/h4,6-7,14,17H,5,8-13H2,1-3H3. The van der Waals surface area contributed by atoms with Gasteiger partial charge in [-0.3, -0.25) is 4.79 Å². The summed E-state index contributed by atoms with van der Waals surface area (Å²) in [5.74, 6) is 0.701. The molecule has 2 aliphatic rings. The quantitative estimate of drug-likeness (QED) is 0.859. The largest absolute Gasteiger partial charge is 0.368 e. The fourth-order valence-corrected chi connectivity index (χ4v) is 3.71. The molecular weight excluding hydrogens is 288 g/mol. The highest BCUT2D eigenvalue weighted by atomic mass is 16.5. The van der Waals surface area contributed by atoms with Crippen LogP contribution in [0.1, 0.15) is 43.7 Å². The van der Waals surface area contributed by atoms with E-state index in [-0.39, 0.29) is 12.0 Å². The normalized spacial score (nSPS) is 22.0. The molecule has 2 saturated heterocycles. The second kappa shape index (κ2) is 6.91. The minimum absolute atomic E-state index is 0.189. The Morgan fingerprint density at radius 3 is 2.57 bits per heavy atom. The van der Waals surface area contributed by atoms with Gasteiger partial charge in [-0.1, -0.05) is 32.0 Å². The zero-order chi connectivity index (χ0) is 16.4. The molecule has 3 rings (SSSR count). The summed E-state index contributed by atoms with van der Waals surface area (Å²) >= 11 is 0. The van der Waals surface area contributed by atoms with Gasteiger partial charge in [0.15, 0.2) is 0 Å². The lowest BCUT2D eigenvalue weighted by atomic mass is 9.97. The maximum atomic E-state index is 12.5. The van der Waals surface area contributed by atoms with Crippen molar-refractivity contribution in [3.63, 3.8) is 0 Å². The zero-order valence-corrected chi connectivity index (χ0v) is 14.5. The van der Waals surface area contributed by atoms with Gasteiger partial charge < -0.3 is 14.5 Å². The molecule has 0 spiro atoms. The molecule has 126 valence electrons. The molecule has 0 N–H and O–H groups in total. The molecule has 2 fully saturated rings. The van der Waals surface area contributed by atoms with Crippen LogP contribution in [0.2, 0.25) is 0 Å². The lowest BCUT2D eigenvalue weighted by molar-refractivity contribution is -0.141. The molecule has 1 amide bonds. The number of aryl methyl sites for hydroxylation is 1. The average Bonchev–Trinajstić information content (AvgIpc) is 3.08. The van der Waals surface area contributed by atoms with Crippen molar-refractivity contribution in [2.75, 3.05) is 37.7 Å². The second-order valence-corrected chi connectivity index (χ2v) is 6.98. The molecule has 2 aliphatic heterocycles. The van der Waals surface area contributed by atoms with Gasteiger partial charge in [0.25, 0.3) is 5.91 Å². The average molecular weight is 316 g/mol. The van der Waals surface area contributed by atoms with E-state index in [0.29, 0.717) is 5.92 Å². The van der Waals surface area contributed by atoms with Crippen LogP contribution in [0.25, 0.3) is 0 Å². The molecule has 0 bridgehead atoms. The van der Waals surface area contributed by atoms with Crippen molar-refractivity contribution in [1.29, 1.82) is 0 Å². The summed E-state index contributed by atoms with van der Waals surface area (Å²) in [6.45, 7) is 10.8. The molecule has 1 aromatic carbocycles. The molecule has 2 heterocycles. The lowest BCUT2D eigenvalue weighted by Crippen LogP contribution is -2.51. The van der Waals surface area contributed by atoms with Crippen LogP contribution in [0.3, 0.4) is 0 Å². The van der Waals surface area contributed by atoms with Gasteiger partial charge >= 0.3 is 0 Å². The highest BCUT2D eigenvalue weighted by Crippen LogP contribution is 2.31. The topological polar surface area (TPSA) is 32.8 Å². The fraction of sp³-hybridized carbons (Fsp3) is 0.632. The van der Waals surface area contributed by atoms with Crippen molar-refractivity contribution in [2.24, 2.45) is 0 Å². The smallest absolute Gasteiger partial charge is 0.251 e. The van der Waals surface area contributed by atoms with E-state index in [1.807, 2.05) is 4.90 Å². The number of rotatable bonds is 3. The van der Waals surface area contributed by atoms with Crippen molar-refractivity contribution in [3.8, 4) is 0 Å². The van der Waals surface area contributed by atoms with Crippen LogP contribution in [-0.2, 0) is 9.53 Å². The highest BCUT2D eigenvalue weighted by molar-refractivity contribution is 5.81. The Hall–Kier alpha value is -1.55. The van der Waals surface area contributed by atoms with Gasteiger partial charge in [0.2, 0.25) is 0 Å². The molecule has 23 heavy (non-hydrogen) atoms. The second-order valence-electron chi connectivity index (χ2n) is 6.98. The first kappa shape index (κ1) is 16.3. The number of anilines is 1. The maximum absolute atomic E-state index is 12.5. The number of hydrogen-bond acceptors (Lipinski definition) is 3. The Balaban J connectivity index is 1.68. The fourth-order valence-electron chi connectivity index (χ4n) is 3.71. The van der Waals surface area contributed by atoms with Gasteiger partial charge in [0.05, 0.1) is 0 Å². The summed E-state index contributed by atoms with van der Waals surface area (Å²) in [5, 5.41) is 0. The third-order valence-electron chi connectivity index (χ3n) is 5.00. The summed E-state index contributed by atoms with van der Waals surface area (Å²) in [6, 6.07) is 6.56. The van der Waals surface area contributed by atoms with Crippen LogP contribution in [0.4, 0.5) is 5.69 Å². The van der Waals surface area contributed by atoms with E-state index in [1.165, 1.54) is 16.8 Å². The van der Waals surface area contributed by atoms with Crippen molar-refractivity contribution in [1.82, 2.24) is 4.90 Å². The van der Waals surface area contributed by atoms with E-state index >= 15 is 0 Å². The van der Waals surface area contributed by atoms with E-state index in [2.05, 4.69) is 43.9 Å². The van der Waals surface area contributed by atoms with Crippen LogP contribution in [0, 0.1) is 6.92 Å². The predicted molar refractivity (Wildman–Crippen MR) is 93.0 cm³/mol. The number of piperazine rings is 1. The minimum Gasteiger partial charge on any atom is -0.368 e. The van der Waals surface area contributed by atoms with Gasteiger partial charge in [0.1, 0.15) is 6.10 Å². The lowest BCUT2D eigenvalue weighted by Gasteiger charge is -2.39. The van der Waals surface area contributed by atoms with Crippen LogP contribution >= 0.6 is 0 Å². The van der Waals surface area contributed by atoms with E-state index in [4.69, 9.17) is 4.74 Å². The molecule has 0 aliphatic carbocycles. The van der Waals surface area contributed by atoms with Crippen molar-refractivity contribution >= 4 is 11.6 Å². The van der Waals surface area contributed by atoms with Gasteiger partial charge in [-0.25, -0.2) is 0 Å². The molecular formula is C19H28N2O2. The summed E-state index contributed by atoms with van der Waals surface area (Å²) < 4.78 is 5.54. The number of para-hydroxylation sites is 1. The molecule has 1 unspecified atom stereocenters. The molecule has 1 atom stereocenters. The first-order chi connectivity index (χ1) is 11.1. The van der Waals surface area contributed by atoms with Crippen LogP contribution in [-0.4, -0.2) is 49.7 Å². The summed E-state index contributed by atoms with van der Waals surface area (Å²) in [6.07, 6.45) is 1.71. The number of hydrogen-bond donors (Lipinski definition) is 0. The summed E-state index contributed by atoms with van der Waals surface area (Å²) in [7, 11) is 0. The Morgan fingerprint density at radius 1 is 1.22 bits per heavy atom. The summed E-state index contributed by atoms with van der Waals surface area (Å²) in [5.41, 5.74) is 4.10. The van der Waals surface area contributed by atoms with Gasteiger partial charge in [-0.15, -0.1) is 0 Å². The number of benzene rings is 1. The third-order valence-corrected chi connectivity index (χ3v) is 5.00. The van der Waals surface area contributed by atoms with Gasteiger partial charge in [-0.05, 0) is 36.8 Å². The molecule has 4 heteroatoms. The number of amides is 1. The SMILES string of the molecule is Cc1cccc(C(C)C)c1N1CCN(C(=O)C2CCCO2)CC1. The van der Waals surface area contributed by atoms with Crippen molar-refractivity contribution in [2.45, 2.75) is 45.6 Å². The minimum atomic E-state index is -0.189. The third kappa shape index (κ3) is 3.37. The molecule has 0 saturated carbocycles. The van der Waals surface area contributed by atoms with E-state index in [1.54, 1.807) is 0 Å². The van der Waals surface area contributed by atoms with E-state index < -0.39 is 0 Å². The van der Waals surface area contributed by atoms with Crippen molar-refractivity contribution in [3.05, 3.63) is 29.3 Å². The number of carbonyl (C=O) groups excluding carboxylic acids is 1. The molecule has 4 nitrogen and oxygen atoms in total. The number of nitrogens with zero attached hydrogens (tertiary/aromatic N) is 2. The van der Waals surface area contributed by atoms with Gasteiger partial charge in [-0.2, -0.15) is 0 Å². The van der Waals surface area contributed by atoms with Crippen LogP contribution in [0.5, 0.6) is 0 Å². The van der Waals surface area contributed by atoms with E-state index in [0.717, 1.165) is 45.6 Å². The van der Waals surface area contributed by atoms with Crippen LogP contribution < -0.4 is 4.90 Å². The Bertz CT molecular complexity index is 556. The molecule has 0 radical (unpaired) electrons. The Kier molecular flexibility index (Phi) is 4.90. The maximum Gasteiger partial charge on any atom is 0.251 e. The highest BCUT2D eigenvalue weighted by Gasteiger charge is 2.31. The number of ether oxygens (including phenoxy) is 1. The van der Waals surface area contributed by atoms with Crippen LogP contribution in [0.15, 0.2) is 18.2 Å². The monoisotopic (exact) mass is 316 g/mol. The van der Waals surface area contributed by atoms with Crippen molar-refractivity contribution < 1.29 is 9.53 Å². The number of carbonyl (C=O) groups is 1. The molecule has 1 aromatic rings. The Morgan fingerprint density at radius 2 is 1.96 bits per heavy atom. The first-order valence-electron chi connectivity index (χ1n) is 8.82. The first-order valence-corrected chi connectivity index (χ1v) is 8.82. The predicted octanol–water partition coefficient (Wildman–Crippen LogP) is 2.95. The zero-order valence-electron chi connectivity index (χ0n) is 14.5.